The molecule has 0 bridgehead atoms. The Morgan fingerprint density at radius 3 is 1.46 bits per heavy atom. The van der Waals surface area contributed by atoms with Gasteiger partial charge < -0.3 is 25.5 Å². The Morgan fingerprint density at radius 2 is 1.03 bits per heavy atom. The van der Waals surface area contributed by atoms with Crippen LogP contribution >= 0.6 is 15.9 Å². The molecule has 4 N–H and O–H groups in total. The molecule has 0 amide bonds. The first kappa shape index (κ1) is 40.9. The molecule has 208 valence electrons. The number of rotatable bonds is 16. The minimum absolute atomic E-state index is 0. The first-order chi connectivity index (χ1) is 17.1. The Morgan fingerprint density at radius 1 is 0.622 bits per heavy atom. The normalized spacial score (nSPS) is 9.54. The number of hydrogen-bond acceptors (Lipinski definition) is 5. The van der Waals surface area contributed by atoms with Crippen molar-refractivity contribution in [3.05, 3.63) is 59.7 Å². The number of phenols is 1. The van der Waals surface area contributed by atoms with Gasteiger partial charge in [-0.05, 0) is 48.2 Å². The van der Waals surface area contributed by atoms with Gasteiger partial charge in [0.15, 0.2) is 0 Å². The van der Waals surface area contributed by atoms with Gasteiger partial charge in [0.1, 0.15) is 11.5 Å². The van der Waals surface area contributed by atoms with E-state index in [1.807, 2.05) is 24.3 Å². The fourth-order valence-corrected chi connectivity index (χ4v) is 3.64. The number of aromatic hydroxyl groups is 1. The van der Waals surface area contributed by atoms with Gasteiger partial charge >= 0.3 is 29.6 Å². The van der Waals surface area contributed by atoms with Crippen LogP contribution in [0, 0.1) is 0 Å². The molecular weight excluding hydrogens is 543 g/mol. The SMILES string of the molecule is CCCCCCCCBr.CCCCCCCCOc1ccc(CO)cc1.OCc1ccc(O)cc1.[Na+].[OH-]. The Balaban J connectivity index is -0.000000495. The standard InChI is InChI=1S/C15H24O2.C8H17Br.C7H8O2.Na.H2O/c1-2-3-4-5-6-7-12-17-15-10-8-14(13-16)9-11-15;1-2-3-4-5-6-7-8-9;8-5-6-1-3-7(9)4-2-6;;/h8-11,16H,2-7,12-13H2,1H3;2-8H2,1H3;1-4,8-9H,5H2;;1H2/q;;;+1;/p-1. The zero-order valence-electron chi connectivity index (χ0n) is 23.5. The fraction of sp³-hybridized carbons (Fsp3) is 0.600. The Hall–Kier alpha value is -0.600. The van der Waals surface area contributed by atoms with Crippen LogP contribution in [0.15, 0.2) is 48.5 Å². The number of ether oxygens (including phenoxy) is 1. The third-order valence-corrected chi connectivity index (χ3v) is 6.04. The summed E-state index contributed by atoms with van der Waals surface area (Å²) < 4.78 is 5.63. The van der Waals surface area contributed by atoms with E-state index in [2.05, 4.69) is 29.8 Å². The van der Waals surface area contributed by atoms with Gasteiger partial charge in [-0.1, -0.05) is 118 Å². The van der Waals surface area contributed by atoms with Crippen LogP contribution in [0.2, 0.25) is 0 Å². The van der Waals surface area contributed by atoms with Crippen LogP contribution in [0.25, 0.3) is 0 Å². The molecule has 0 saturated heterocycles. The summed E-state index contributed by atoms with van der Waals surface area (Å²) >= 11 is 3.42. The molecule has 0 unspecified atom stereocenters. The van der Waals surface area contributed by atoms with Gasteiger partial charge in [-0.25, -0.2) is 0 Å². The predicted molar refractivity (Wildman–Crippen MR) is 154 cm³/mol. The van der Waals surface area contributed by atoms with Crippen molar-refractivity contribution in [3.63, 3.8) is 0 Å². The van der Waals surface area contributed by atoms with Crippen LogP contribution in [0.3, 0.4) is 0 Å². The van der Waals surface area contributed by atoms with Crippen molar-refractivity contribution >= 4 is 15.9 Å². The largest absolute Gasteiger partial charge is 1.00 e. The summed E-state index contributed by atoms with van der Waals surface area (Å²) in [7, 11) is 0. The van der Waals surface area contributed by atoms with E-state index in [0.29, 0.717) is 0 Å². The van der Waals surface area contributed by atoms with E-state index < -0.39 is 0 Å². The third kappa shape index (κ3) is 26.8. The van der Waals surface area contributed by atoms with Crippen LogP contribution in [0.1, 0.15) is 102 Å². The first-order valence-corrected chi connectivity index (χ1v) is 14.5. The zero-order valence-corrected chi connectivity index (χ0v) is 27.1. The van der Waals surface area contributed by atoms with Crippen LogP contribution in [0.5, 0.6) is 11.5 Å². The number of halogens is 1. The van der Waals surface area contributed by atoms with Gasteiger partial charge in [0.25, 0.3) is 0 Å². The van der Waals surface area contributed by atoms with Crippen molar-refractivity contribution in [3.8, 4) is 11.5 Å². The van der Waals surface area contributed by atoms with Crippen molar-refractivity contribution in [2.24, 2.45) is 0 Å². The van der Waals surface area contributed by atoms with E-state index in [4.69, 9.17) is 20.1 Å². The summed E-state index contributed by atoms with van der Waals surface area (Å²) in [5.74, 6) is 1.13. The molecule has 0 aliphatic heterocycles. The minimum atomic E-state index is 0. The predicted octanol–water partition coefficient (Wildman–Crippen LogP) is 5.37. The van der Waals surface area contributed by atoms with Crippen LogP contribution in [0.4, 0.5) is 0 Å². The summed E-state index contributed by atoms with van der Waals surface area (Å²) in [6, 6.07) is 14.1. The van der Waals surface area contributed by atoms with Crippen LogP contribution in [-0.4, -0.2) is 32.7 Å². The van der Waals surface area contributed by atoms with E-state index >= 15 is 0 Å². The fourth-order valence-electron chi connectivity index (χ4n) is 3.24. The average molecular weight is 594 g/mol. The van der Waals surface area contributed by atoms with E-state index in [-0.39, 0.29) is 54.0 Å². The molecule has 2 aromatic rings. The monoisotopic (exact) mass is 592 g/mol. The van der Waals surface area contributed by atoms with Crippen molar-refractivity contribution in [2.75, 3.05) is 11.9 Å². The maximum Gasteiger partial charge on any atom is 1.00 e. The van der Waals surface area contributed by atoms with Crippen LogP contribution in [-0.2, 0) is 13.2 Å². The number of aliphatic hydroxyl groups is 2. The molecule has 0 aliphatic rings. The molecule has 0 spiro atoms. The van der Waals surface area contributed by atoms with E-state index in [1.54, 1.807) is 24.3 Å². The molecule has 0 aromatic heterocycles. The van der Waals surface area contributed by atoms with Gasteiger partial charge in [-0.15, -0.1) is 0 Å². The molecule has 0 heterocycles. The van der Waals surface area contributed by atoms with Crippen molar-refractivity contribution in [1.29, 1.82) is 0 Å². The van der Waals surface area contributed by atoms with Gasteiger partial charge in [-0.3, -0.25) is 0 Å². The summed E-state index contributed by atoms with van der Waals surface area (Å²) in [5, 5.41) is 27.4. The molecule has 0 aliphatic carbocycles. The zero-order chi connectivity index (χ0) is 26.0. The summed E-state index contributed by atoms with van der Waals surface area (Å²) in [4.78, 5) is 0. The first-order valence-electron chi connectivity index (χ1n) is 13.4. The van der Waals surface area contributed by atoms with E-state index in [1.165, 1.54) is 76.0 Å². The molecule has 0 saturated carbocycles. The molecule has 5 nitrogen and oxygen atoms in total. The second-order valence-electron chi connectivity index (χ2n) is 8.70. The summed E-state index contributed by atoms with van der Waals surface area (Å²) in [6.07, 6.45) is 16.1. The van der Waals surface area contributed by atoms with Gasteiger partial charge in [-0.2, -0.15) is 0 Å². The molecule has 2 rings (SSSR count). The topological polar surface area (TPSA) is 99.9 Å². The number of benzene rings is 2. The Bertz CT molecular complexity index is 677. The Kier molecular flexibility index (Phi) is 34.9. The molecule has 0 radical (unpaired) electrons. The average Bonchev–Trinajstić information content (AvgIpc) is 2.90. The number of aliphatic hydroxyl groups excluding tert-OH is 2. The van der Waals surface area contributed by atoms with Gasteiger partial charge in [0, 0.05) is 5.33 Å². The molecular formula is C30H50BrNaO5. The number of alkyl halides is 1. The number of phenolic OH excluding ortho intramolecular Hbond substituents is 1. The van der Waals surface area contributed by atoms with Crippen LogP contribution < -0.4 is 34.3 Å². The van der Waals surface area contributed by atoms with Gasteiger partial charge in [0.2, 0.25) is 0 Å². The van der Waals surface area contributed by atoms with Crippen molar-refractivity contribution in [1.82, 2.24) is 0 Å². The second kappa shape index (κ2) is 31.6. The molecule has 2 aromatic carbocycles. The number of unbranched alkanes of at least 4 members (excludes halogenated alkanes) is 10. The third-order valence-electron chi connectivity index (χ3n) is 5.48. The maximum absolute atomic E-state index is 8.90. The molecule has 7 heteroatoms. The second-order valence-corrected chi connectivity index (χ2v) is 9.49. The quantitative estimate of drug-likeness (QED) is 0.138. The smallest absolute Gasteiger partial charge is 0.870 e. The molecule has 37 heavy (non-hydrogen) atoms. The van der Waals surface area contributed by atoms with E-state index in [0.717, 1.165) is 29.9 Å². The summed E-state index contributed by atoms with van der Waals surface area (Å²) in [5.41, 5.74) is 1.74. The number of hydrogen-bond donors (Lipinski definition) is 3. The summed E-state index contributed by atoms with van der Waals surface area (Å²) in [6.45, 7) is 5.41. The van der Waals surface area contributed by atoms with Gasteiger partial charge in [0.05, 0.1) is 19.8 Å². The minimum Gasteiger partial charge on any atom is -0.870 e. The van der Waals surface area contributed by atoms with Crippen molar-refractivity contribution in [2.45, 2.75) is 104 Å². The Labute approximate surface area is 256 Å². The maximum atomic E-state index is 8.90. The molecule has 0 fully saturated rings. The molecule has 0 atom stereocenters. The van der Waals surface area contributed by atoms with Crippen molar-refractivity contribution < 1.29 is 55.1 Å². The van der Waals surface area contributed by atoms with E-state index in [9.17, 15) is 0 Å².